The highest BCUT2D eigenvalue weighted by Gasteiger charge is 2.31. The lowest BCUT2D eigenvalue weighted by molar-refractivity contribution is 0.746. The van der Waals surface area contributed by atoms with E-state index < -0.39 is 4.99 Å². The molecule has 1 aliphatic heterocycles. The first kappa shape index (κ1) is 9.87. The SMILES string of the molecule is Cc1ccc(NC2(C#N)NC=CS2)nc1. The fraction of sp³-hybridized carbons (Fsp3) is 0.200. The van der Waals surface area contributed by atoms with Gasteiger partial charge in [-0.2, -0.15) is 5.26 Å². The van der Waals surface area contributed by atoms with Gasteiger partial charge in [0.05, 0.1) is 0 Å². The second kappa shape index (κ2) is 3.83. The number of thioether (sulfide) groups is 1. The van der Waals surface area contributed by atoms with Crippen molar-refractivity contribution in [2.24, 2.45) is 0 Å². The van der Waals surface area contributed by atoms with Gasteiger partial charge in [-0.25, -0.2) is 4.98 Å². The molecule has 0 aromatic carbocycles. The summed E-state index contributed by atoms with van der Waals surface area (Å²) < 4.78 is 0. The van der Waals surface area contributed by atoms with E-state index in [4.69, 9.17) is 5.26 Å². The number of aryl methyl sites for hydroxylation is 1. The zero-order chi connectivity index (χ0) is 10.7. The average Bonchev–Trinajstić information content (AvgIpc) is 2.71. The fourth-order valence-electron chi connectivity index (χ4n) is 1.20. The molecule has 1 aromatic heterocycles. The number of pyridine rings is 1. The second-order valence-electron chi connectivity index (χ2n) is 3.20. The molecule has 0 spiro atoms. The number of hydrogen-bond donors (Lipinski definition) is 2. The van der Waals surface area contributed by atoms with Gasteiger partial charge in [-0.05, 0) is 24.0 Å². The van der Waals surface area contributed by atoms with Crippen LogP contribution in [-0.2, 0) is 0 Å². The van der Waals surface area contributed by atoms with Crippen LogP contribution in [0.15, 0.2) is 29.9 Å². The summed E-state index contributed by atoms with van der Waals surface area (Å²) >= 11 is 1.38. The van der Waals surface area contributed by atoms with E-state index in [1.54, 1.807) is 12.4 Å². The Morgan fingerprint density at radius 2 is 2.47 bits per heavy atom. The molecule has 1 unspecified atom stereocenters. The third kappa shape index (κ3) is 2.05. The van der Waals surface area contributed by atoms with Gasteiger partial charge in [-0.1, -0.05) is 17.8 Å². The van der Waals surface area contributed by atoms with E-state index in [0.717, 1.165) is 5.56 Å². The third-order valence-electron chi connectivity index (χ3n) is 1.97. The summed E-state index contributed by atoms with van der Waals surface area (Å²) in [4.78, 5) is 3.37. The maximum Gasteiger partial charge on any atom is 0.252 e. The lowest BCUT2D eigenvalue weighted by atomic mass is 10.3. The maximum atomic E-state index is 9.07. The molecule has 0 fully saturated rings. The van der Waals surface area contributed by atoms with E-state index in [9.17, 15) is 0 Å². The number of hydrogen-bond acceptors (Lipinski definition) is 5. The Labute approximate surface area is 92.4 Å². The van der Waals surface area contributed by atoms with E-state index >= 15 is 0 Å². The smallest absolute Gasteiger partial charge is 0.252 e. The fourth-order valence-corrected chi connectivity index (χ4v) is 1.89. The van der Waals surface area contributed by atoms with Gasteiger partial charge in [0.2, 0.25) is 0 Å². The molecule has 0 aliphatic carbocycles. The number of nitrogens with one attached hydrogen (secondary N) is 2. The number of rotatable bonds is 2. The summed E-state index contributed by atoms with van der Waals surface area (Å²) in [7, 11) is 0. The Hall–Kier alpha value is -1.67. The van der Waals surface area contributed by atoms with Crippen molar-refractivity contribution in [1.29, 1.82) is 5.26 Å². The van der Waals surface area contributed by atoms with Gasteiger partial charge in [0.25, 0.3) is 4.99 Å². The molecule has 0 bridgehead atoms. The zero-order valence-electron chi connectivity index (χ0n) is 8.19. The molecule has 76 valence electrons. The quantitative estimate of drug-likeness (QED) is 0.792. The lowest BCUT2D eigenvalue weighted by Crippen LogP contribution is -2.42. The normalized spacial score (nSPS) is 23.2. The monoisotopic (exact) mass is 218 g/mol. The molecular formula is C10H10N4S. The molecule has 1 atom stereocenters. The van der Waals surface area contributed by atoms with Crippen molar-refractivity contribution in [3.05, 3.63) is 35.5 Å². The van der Waals surface area contributed by atoms with Crippen LogP contribution in [0.3, 0.4) is 0 Å². The summed E-state index contributed by atoms with van der Waals surface area (Å²) in [5.41, 5.74) is 1.09. The highest BCUT2D eigenvalue weighted by molar-refractivity contribution is 8.04. The lowest BCUT2D eigenvalue weighted by Gasteiger charge is -2.22. The molecule has 2 heterocycles. The van der Waals surface area contributed by atoms with Crippen LogP contribution in [0.5, 0.6) is 0 Å². The summed E-state index contributed by atoms with van der Waals surface area (Å²) in [5.74, 6) is 0.686. The highest BCUT2D eigenvalue weighted by Crippen LogP contribution is 2.28. The minimum atomic E-state index is -0.817. The molecule has 1 aromatic rings. The van der Waals surface area contributed by atoms with E-state index in [-0.39, 0.29) is 0 Å². The van der Waals surface area contributed by atoms with Gasteiger partial charge in [0.1, 0.15) is 11.9 Å². The Kier molecular flexibility index (Phi) is 2.52. The van der Waals surface area contributed by atoms with Crippen LogP contribution in [0.25, 0.3) is 0 Å². The largest absolute Gasteiger partial charge is 0.348 e. The Balaban J connectivity index is 2.14. The van der Waals surface area contributed by atoms with Crippen molar-refractivity contribution in [3.63, 3.8) is 0 Å². The molecule has 2 rings (SSSR count). The molecule has 15 heavy (non-hydrogen) atoms. The molecule has 0 radical (unpaired) electrons. The van der Waals surface area contributed by atoms with Gasteiger partial charge in [-0.15, -0.1) is 0 Å². The standard InChI is InChI=1S/C10H10N4S/c1-8-2-3-9(12-6-8)14-10(7-11)13-4-5-15-10/h2-6,13H,1H3,(H,12,14). The van der Waals surface area contributed by atoms with Crippen molar-refractivity contribution < 1.29 is 0 Å². The van der Waals surface area contributed by atoms with Gasteiger partial charge < -0.3 is 10.6 Å². The first-order chi connectivity index (χ1) is 7.24. The molecule has 0 saturated carbocycles. The Morgan fingerprint density at radius 3 is 3.00 bits per heavy atom. The van der Waals surface area contributed by atoms with Gasteiger partial charge >= 0.3 is 0 Å². The van der Waals surface area contributed by atoms with E-state index in [2.05, 4.69) is 21.7 Å². The van der Waals surface area contributed by atoms with Crippen LogP contribution in [0.4, 0.5) is 5.82 Å². The van der Waals surface area contributed by atoms with Crippen LogP contribution < -0.4 is 10.6 Å². The average molecular weight is 218 g/mol. The van der Waals surface area contributed by atoms with Crippen molar-refractivity contribution >= 4 is 17.6 Å². The first-order valence-electron chi connectivity index (χ1n) is 4.47. The predicted octanol–water partition coefficient (Wildman–Crippen LogP) is 1.79. The molecule has 0 amide bonds. The summed E-state index contributed by atoms with van der Waals surface area (Å²) in [6, 6.07) is 5.99. The van der Waals surface area contributed by atoms with Gasteiger partial charge in [0, 0.05) is 12.4 Å². The predicted molar refractivity (Wildman–Crippen MR) is 60.8 cm³/mol. The Morgan fingerprint density at radius 1 is 1.60 bits per heavy atom. The molecular weight excluding hydrogens is 208 g/mol. The van der Waals surface area contributed by atoms with Crippen molar-refractivity contribution in [2.75, 3.05) is 5.32 Å². The van der Waals surface area contributed by atoms with E-state index in [1.807, 2.05) is 24.5 Å². The van der Waals surface area contributed by atoms with E-state index in [0.29, 0.717) is 5.82 Å². The van der Waals surface area contributed by atoms with Crippen LogP contribution in [0, 0.1) is 18.3 Å². The maximum absolute atomic E-state index is 9.07. The van der Waals surface area contributed by atoms with Crippen LogP contribution in [0.2, 0.25) is 0 Å². The number of nitriles is 1. The van der Waals surface area contributed by atoms with Crippen LogP contribution >= 0.6 is 11.8 Å². The molecule has 5 heteroatoms. The van der Waals surface area contributed by atoms with Gasteiger partial charge in [0.15, 0.2) is 0 Å². The molecule has 0 saturated heterocycles. The number of anilines is 1. The summed E-state index contributed by atoms with van der Waals surface area (Å²) in [5, 5.41) is 16.9. The number of nitrogens with zero attached hydrogens (tertiary/aromatic N) is 2. The third-order valence-corrected chi connectivity index (χ3v) is 2.91. The van der Waals surface area contributed by atoms with Crippen LogP contribution in [-0.4, -0.2) is 9.98 Å². The van der Waals surface area contributed by atoms with Gasteiger partial charge in [-0.3, -0.25) is 0 Å². The highest BCUT2D eigenvalue weighted by atomic mass is 32.2. The topological polar surface area (TPSA) is 60.7 Å². The Bertz CT molecular complexity index is 410. The van der Waals surface area contributed by atoms with Crippen molar-refractivity contribution in [1.82, 2.24) is 10.3 Å². The minimum Gasteiger partial charge on any atom is -0.348 e. The molecule has 4 nitrogen and oxygen atoms in total. The van der Waals surface area contributed by atoms with Crippen LogP contribution in [0.1, 0.15) is 5.56 Å². The molecule has 2 N–H and O–H groups in total. The minimum absolute atomic E-state index is 0.686. The summed E-state index contributed by atoms with van der Waals surface area (Å²) in [6.45, 7) is 1.97. The molecule has 1 aliphatic rings. The zero-order valence-corrected chi connectivity index (χ0v) is 9.01. The first-order valence-corrected chi connectivity index (χ1v) is 5.35. The number of aromatic nitrogens is 1. The van der Waals surface area contributed by atoms with E-state index in [1.165, 1.54) is 11.8 Å². The second-order valence-corrected chi connectivity index (χ2v) is 4.32. The summed E-state index contributed by atoms with van der Waals surface area (Å²) in [6.07, 6.45) is 3.51. The van der Waals surface area contributed by atoms with Crippen molar-refractivity contribution in [2.45, 2.75) is 11.9 Å². The van der Waals surface area contributed by atoms with Crippen molar-refractivity contribution in [3.8, 4) is 6.07 Å².